The molecule has 4 aromatic rings. The van der Waals surface area contributed by atoms with E-state index >= 15 is 0 Å². The fourth-order valence-electron chi connectivity index (χ4n) is 3.36. The highest BCUT2D eigenvalue weighted by Gasteiger charge is 2.32. The predicted molar refractivity (Wildman–Crippen MR) is 125 cm³/mol. The average Bonchev–Trinajstić information content (AvgIpc) is 3.12. The van der Waals surface area contributed by atoms with E-state index in [-0.39, 0.29) is 16.6 Å². The number of hydrogen-bond acceptors (Lipinski definition) is 5. The van der Waals surface area contributed by atoms with Crippen LogP contribution in [0.25, 0.3) is 16.0 Å². The van der Waals surface area contributed by atoms with Gasteiger partial charge in [-0.1, -0.05) is 29.0 Å². The molecule has 0 saturated heterocycles. The van der Waals surface area contributed by atoms with E-state index in [0.29, 0.717) is 28.2 Å². The molecule has 1 amide bonds. The number of halogens is 5. The molecule has 0 spiro atoms. The third-order valence-electron chi connectivity index (χ3n) is 5.10. The van der Waals surface area contributed by atoms with E-state index in [2.05, 4.69) is 4.98 Å². The van der Waals surface area contributed by atoms with Crippen molar-refractivity contribution in [3.8, 4) is 11.6 Å². The minimum atomic E-state index is -4.64. The second-order valence-corrected chi connectivity index (χ2v) is 8.90. The number of nitrogens with zero attached hydrogens (tertiary/aromatic N) is 3. The second-order valence-electron chi connectivity index (χ2n) is 7.50. The zero-order valence-corrected chi connectivity index (χ0v) is 19.7. The van der Waals surface area contributed by atoms with Crippen molar-refractivity contribution in [1.82, 2.24) is 9.55 Å². The summed E-state index contributed by atoms with van der Waals surface area (Å²) < 4.78 is 59.8. The molecule has 0 bridgehead atoms. The number of hydrogen-bond donors (Lipinski definition) is 0. The molecule has 2 aromatic heterocycles. The van der Waals surface area contributed by atoms with E-state index in [1.54, 1.807) is 18.2 Å². The van der Waals surface area contributed by atoms with Crippen molar-refractivity contribution in [2.45, 2.75) is 19.2 Å². The lowest BCUT2D eigenvalue weighted by Crippen LogP contribution is -2.38. The van der Waals surface area contributed by atoms with Crippen LogP contribution in [0.15, 0.2) is 59.5 Å². The van der Waals surface area contributed by atoms with Gasteiger partial charge in [0.05, 0.1) is 20.8 Å². The SMILES string of the molecule is CC(Oc1ccc2sc(=O)n(-c3ncc(C(F)(F)F)cc3Cl)c2c1)C(=O)N(C)c1cccc(F)c1. The van der Waals surface area contributed by atoms with E-state index in [9.17, 15) is 27.2 Å². The van der Waals surface area contributed by atoms with Crippen molar-refractivity contribution in [1.29, 1.82) is 0 Å². The number of rotatable bonds is 5. The smallest absolute Gasteiger partial charge is 0.417 e. The van der Waals surface area contributed by atoms with E-state index in [1.165, 1.54) is 43.1 Å². The van der Waals surface area contributed by atoms with Gasteiger partial charge in [0.2, 0.25) is 0 Å². The minimum absolute atomic E-state index is 0.164. The number of likely N-dealkylation sites (N-methyl/N-ethyl adjacent to an activating group) is 1. The lowest BCUT2D eigenvalue weighted by Gasteiger charge is -2.22. The highest BCUT2D eigenvalue weighted by atomic mass is 35.5. The lowest BCUT2D eigenvalue weighted by molar-refractivity contribution is -0.137. The molecule has 2 heterocycles. The standard InChI is InChI=1S/C23H16ClF4N3O3S/c1-12(21(32)30(2)15-5-3-4-14(25)9-15)34-16-6-7-19-18(10-16)31(22(33)35-19)20-17(24)8-13(11-29-20)23(26,27)28/h3-12H,1-2H3. The molecule has 2 aromatic carbocycles. The summed E-state index contributed by atoms with van der Waals surface area (Å²) in [6.07, 6.45) is -5.02. The van der Waals surface area contributed by atoms with Crippen LogP contribution in [0.2, 0.25) is 5.02 Å². The molecule has 35 heavy (non-hydrogen) atoms. The third-order valence-corrected chi connectivity index (χ3v) is 6.30. The zero-order chi connectivity index (χ0) is 25.5. The minimum Gasteiger partial charge on any atom is -0.481 e. The molecule has 0 aliphatic carbocycles. The summed E-state index contributed by atoms with van der Waals surface area (Å²) >= 11 is 6.89. The Kier molecular flexibility index (Phi) is 6.56. The first-order valence-electron chi connectivity index (χ1n) is 10.0. The molecule has 0 saturated carbocycles. The number of ether oxygens (including phenoxy) is 1. The van der Waals surface area contributed by atoms with E-state index in [1.807, 2.05) is 0 Å². The summed E-state index contributed by atoms with van der Waals surface area (Å²) in [4.78, 5) is 29.9. The van der Waals surface area contributed by atoms with Gasteiger partial charge in [0.1, 0.15) is 11.6 Å². The number of fused-ring (bicyclic) bond motifs is 1. The van der Waals surface area contributed by atoms with Gasteiger partial charge in [0.25, 0.3) is 5.91 Å². The molecular weight excluding hydrogens is 510 g/mol. The number of aromatic nitrogens is 2. The van der Waals surface area contributed by atoms with Crippen LogP contribution in [0, 0.1) is 5.82 Å². The van der Waals surface area contributed by atoms with E-state index < -0.39 is 34.4 Å². The van der Waals surface area contributed by atoms with Crippen LogP contribution in [-0.2, 0) is 11.0 Å². The largest absolute Gasteiger partial charge is 0.481 e. The van der Waals surface area contributed by atoms with Gasteiger partial charge < -0.3 is 9.64 Å². The van der Waals surface area contributed by atoms with Crippen LogP contribution < -0.4 is 14.5 Å². The monoisotopic (exact) mass is 525 g/mol. The number of benzene rings is 2. The zero-order valence-electron chi connectivity index (χ0n) is 18.1. The topological polar surface area (TPSA) is 64.4 Å². The highest BCUT2D eigenvalue weighted by Crippen LogP contribution is 2.33. The highest BCUT2D eigenvalue weighted by molar-refractivity contribution is 7.16. The molecule has 0 aliphatic rings. The number of anilines is 1. The van der Waals surface area contributed by atoms with E-state index in [0.717, 1.165) is 15.9 Å². The number of carbonyl (C=O) groups is 1. The molecule has 4 rings (SSSR count). The number of carbonyl (C=O) groups excluding carboxylic acids is 1. The van der Waals surface area contributed by atoms with Crippen LogP contribution in [0.4, 0.5) is 23.2 Å². The van der Waals surface area contributed by atoms with Gasteiger partial charge in [-0.15, -0.1) is 0 Å². The van der Waals surface area contributed by atoms with Gasteiger partial charge in [0.15, 0.2) is 11.9 Å². The van der Waals surface area contributed by atoms with Gasteiger partial charge in [-0.05, 0) is 43.3 Å². The molecule has 6 nitrogen and oxygen atoms in total. The van der Waals surface area contributed by atoms with Crippen LogP contribution >= 0.6 is 22.9 Å². The first kappa shape index (κ1) is 24.7. The van der Waals surface area contributed by atoms with Gasteiger partial charge in [0, 0.05) is 25.0 Å². The molecule has 182 valence electrons. The maximum atomic E-state index is 13.5. The van der Waals surface area contributed by atoms with Gasteiger partial charge in [-0.3, -0.25) is 9.59 Å². The van der Waals surface area contributed by atoms with Crippen molar-refractivity contribution < 1.29 is 27.1 Å². The Labute approximate surface area is 205 Å². The molecule has 1 unspecified atom stereocenters. The number of amides is 1. The molecule has 1 atom stereocenters. The summed E-state index contributed by atoms with van der Waals surface area (Å²) in [6, 6.07) is 10.8. The first-order chi connectivity index (χ1) is 16.5. The third kappa shape index (κ3) is 5.01. The van der Waals surface area contributed by atoms with Crippen molar-refractivity contribution in [2.24, 2.45) is 0 Å². The summed E-state index contributed by atoms with van der Waals surface area (Å²) in [5.74, 6) is -0.887. The Bertz CT molecular complexity index is 1490. The van der Waals surface area contributed by atoms with Crippen LogP contribution in [0.5, 0.6) is 5.75 Å². The average molecular weight is 526 g/mol. The maximum absolute atomic E-state index is 13.5. The van der Waals surface area contributed by atoms with Gasteiger partial charge >= 0.3 is 11.0 Å². The van der Waals surface area contributed by atoms with Gasteiger partial charge in [-0.2, -0.15) is 13.2 Å². The summed E-state index contributed by atoms with van der Waals surface area (Å²) in [7, 11) is 1.48. The predicted octanol–water partition coefficient (Wildman–Crippen LogP) is 5.69. The summed E-state index contributed by atoms with van der Waals surface area (Å²) in [6.45, 7) is 1.51. The molecule has 12 heteroatoms. The molecule has 0 fully saturated rings. The molecule has 0 aliphatic heterocycles. The van der Waals surface area contributed by atoms with Crippen LogP contribution in [0.1, 0.15) is 12.5 Å². The first-order valence-corrected chi connectivity index (χ1v) is 11.2. The fourth-order valence-corrected chi connectivity index (χ4v) is 4.47. The lowest BCUT2D eigenvalue weighted by atomic mass is 10.2. The Balaban J connectivity index is 1.65. The van der Waals surface area contributed by atoms with Crippen LogP contribution in [-0.4, -0.2) is 28.6 Å². The fraction of sp³-hybridized carbons (Fsp3) is 0.174. The van der Waals surface area contributed by atoms with Gasteiger partial charge in [-0.25, -0.2) is 13.9 Å². The normalized spacial score (nSPS) is 12.5. The quantitative estimate of drug-likeness (QED) is 0.314. The van der Waals surface area contributed by atoms with Crippen molar-refractivity contribution in [3.63, 3.8) is 0 Å². The van der Waals surface area contributed by atoms with E-state index in [4.69, 9.17) is 16.3 Å². The summed E-state index contributed by atoms with van der Waals surface area (Å²) in [5.41, 5.74) is -0.405. The molecular formula is C23H16ClF4N3O3S. The Hall–Kier alpha value is -3.44. The maximum Gasteiger partial charge on any atom is 0.417 e. The summed E-state index contributed by atoms with van der Waals surface area (Å²) in [5, 5.41) is -0.354. The van der Waals surface area contributed by atoms with Crippen LogP contribution in [0.3, 0.4) is 0 Å². The Morgan fingerprint density at radius 1 is 1.20 bits per heavy atom. The van der Waals surface area contributed by atoms with Crippen molar-refractivity contribution >= 4 is 44.7 Å². The Morgan fingerprint density at radius 2 is 1.94 bits per heavy atom. The second kappa shape index (κ2) is 9.31. The number of pyridine rings is 1. The Morgan fingerprint density at radius 3 is 2.60 bits per heavy atom. The molecule has 0 radical (unpaired) electrons. The van der Waals surface area contributed by atoms with Crippen molar-refractivity contribution in [2.75, 3.05) is 11.9 Å². The molecule has 0 N–H and O–H groups in total. The number of alkyl halides is 3. The number of thiazole rings is 1. The van der Waals surface area contributed by atoms with Crippen molar-refractivity contribution in [3.05, 3.63) is 80.8 Å².